The zero-order valence-electron chi connectivity index (χ0n) is 11.2. The number of rotatable bonds is 9. The van der Waals surface area contributed by atoms with Crippen molar-refractivity contribution in [2.75, 3.05) is 13.1 Å². The van der Waals surface area contributed by atoms with Crippen molar-refractivity contribution in [2.45, 2.75) is 52.4 Å². The number of hydrogen-bond donors (Lipinski definition) is 2. The highest BCUT2D eigenvalue weighted by atomic mass is 16.1. The molecule has 0 aliphatic rings. The van der Waals surface area contributed by atoms with Crippen LogP contribution < -0.4 is 11.1 Å². The van der Waals surface area contributed by atoms with Crippen molar-refractivity contribution < 1.29 is 4.79 Å². The third-order valence-corrected chi connectivity index (χ3v) is 2.80. The Kier molecular flexibility index (Phi) is 10.8. The average Bonchev–Trinajstić information content (AvgIpc) is 2.32. The van der Waals surface area contributed by atoms with Crippen molar-refractivity contribution in [3.05, 3.63) is 0 Å². The predicted molar refractivity (Wildman–Crippen MR) is 72.4 cm³/mol. The molecule has 0 spiro atoms. The van der Waals surface area contributed by atoms with E-state index in [9.17, 15) is 4.79 Å². The summed E-state index contributed by atoms with van der Waals surface area (Å²) in [6.07, 6.45) is 5.68. The molecule has 0 bridgehead atoms. The molecule has 98 valence electrons. The van der Waals surface area contributed by atoms with Crippen molar-refractivity contribution in [3.8, 4) is 11.8 Å². The molecule has 1 unspecified atom stereocenters. The Labute approximate surface area is 106 Å². The van der Waals surface area contributed by atoms with Gasteiger partial charge in [0.05, 0.1) is 0 Å². The second-order valence-electron chi connectivity index (χ2n) is 4.30. The van der Waals surface area contributed by atoms with E-state index in [-0.39, 0.29) is 5.91 Å². The summed E-state index contributed by atoms with van der Waals surface area (Å²) in [7, 11) is 0. The molecule has 0 radical (unpaired) electrons. The maximum atomic E-state index is 11.5. The first-order valence-corrected chi connectivity index (χ1v) is 6.60. The standard InChI is InChI=1S/C14H26N2O/c1-3-5-6-12-16-14(17)9-8-13(7-4-2)10-11-15/h13H,4,6-12,15H2,1-2H3,(H,16,17). The molecule has 1 amide bonds. The molecule has 0 aliphatic heterocycles. The van der Waals surface area contributed by atoms with Gasteiger partial charge in [-0.05, 0) is 32.2 Å². The van der Waals surface area contributed by atoms with Crippen LogP contribution in [0, 0.1) is 17.8 Å². The lowest BCUT2D eigenvalue weighted by atomic mass is 9.94. The monoisotopic (exact) mass is 238 g/mol. The van der Waals surface area contributed by atoms with Crippen LogP contribution in [0.1, 0.15) is 52.4 Å². The van der Waals surface area contributed by atoms with Crippen LogP contribution >= 0.6 is 0 Å². The minimum absolute atomic E-state index is 0.140. The van der Waals surface area contributed by atoms with Gasteiger partial charge in [-0.1, -0.05) is 19.8 Å². The molecule has 0 aromatic heterocycles. The maximum absolute atomic E-state index is 11.5. The summed E-state index contributed by atoms with van der Waals surface area (Å²) in [5, 5.41) is 2.88. The maximum Gasteiger partial charge on any atom is 0.220 e. The van der Waals surface area contributed by atoms with Gasteiger partial charge in [-0.25, -0.2) is 0 Å². The fraction of sp³-hybridized carbons (Fsp3) is 0.786. The number of nitrogens with two attached hydrogens (primary N) is 1. The molecule has 0 aliphatic carbocycles. The van der Waals surface area contributed by atoms with Crippen LogP contribution in [0.3, 0.4) is 0 Å². The highest BCUT2D eigenvalue weighted by Crippen LogP contribution is 2.16. The lowest BCUT2D eigenvalue weighted by molar-refractivity contribution is -0.121. The van der Waals surface area contributed by atoms with E-state index in [0.717, 1.165) is 25.8 Å². The van der Waals surface area contributed by atoms with Crippen molar-refractivity contribution >= 4 is 5.91 Å². The number of nitrogens with one attached hydrogen (secondary N) is 1. The summed E-state index contributed by atoms with van der Waals surface area (Å²) in [4.78, 5) is 11.5. The Morgan fingerprint density at radius 1 is 1.35 bits per heavy atom. The SMILES string of the molecule is CC#CCCNC(=O)CCC(CCC)CCN. The normalized spacial score (nSPS) is 11.5. The quantitative estimate of drug-likeness (QED) is 0.477. The minimum atomic E-state index is 0.140. The van der Waals surface area contributed by atoms with E-state index in [1.165, 1.54) is 12.8 Å². The van der Waals surface area contributed by atoms with Gasteiger partial charge in [-0.2, -0.15) is 0 Å². The minimum Gasteiger partial charge on any atom is -0.355 e. The zero-order valence-corrected chi connectivity index (χ0v) is 11.2. The fourth-order valence-corrected chi connectivity index (χ4v) is 1.89. The first kappa shape index (κ1) is 16.0. The molecule has 3 heteroatoms. The number of carbonyl (C=O) groups is 1. The Hall–Kier alpha value is -1.01. The lowest BCUT2D eigenvalue weighted by Gasteiger charge is -2.14. The Balaban J connectivity index is 3.66. The molecule has 3 nitrogen and oxygen atoms in total. The van der Waals surface area contributed by atoms with Gasteiger partial charge in [0.15, 0.2) is 0 Å². The van der Waals surface area contributed by atoms with Crippen molar-refractivity contribution in [1.29, 1.82) is 0 Å². The molecule has 0 fully saturated rings. The third kappa shape index (κ3) is 9.89. The van der Waals surface area contributed by atoms with Gasteiger partial charge in [0, 0.05) is 19.4 Å². The fourth-order valence-electron chi connectivity index (χ4n) is 1.89. The van der Waals surface area contributed by atoms with Crippen molar-refractivity contribution in [1.82, 2.24) is 5.32 Å². The van der Waals surface area contributed by atoms with E-state index in [1.54, 1.807) is 0 Å². The highest BCUT2D eigenvalue weighted by molar-refractivity contribution is 5.75. The first-order valence-electron chi connectivity index (χ1n) is 6.60. The summed E-state index contributed by atoms with van der Waals surface area (Å²) < 4.78 is 0. The molecular formula is C14H26N2O. The predicted octanol–water partition coefficient (Wildman–Crippen LogP) is 2.06. The van der Waals surface area contributed by atoms with Crippen LogP contribution in [-0.4, -0.2) is 19.0 Å². The molecule has 0 saturated heterocycles. The summed E-state index contributed by atoms with van der Waals surface area (Å²) in [5.41, 5.74) is 5.56. The summed E-state index contributed by atoms with van der Waals surface area (Å²) >= 11 is 0. The molecular weight excluding hydrogens is 212 g/mol. The van der Waals surface area contributed by atoms with Gasteiger partial charge < -0.3 is 11.1 Å². The van der Waals surface area contributed by atoms with Crippen LogP contribution in [-0.2, 0) is 4.79 Å². The van der Waals surface area contributed by atoms with Gasteiger partial charge in [-0.15, -0.1) is 11.8 Å². The van der Waals surface area contributed by atoms with E-state index < -0.39 is 0 Å². The Morgan fingerprint density at radius 2 is 2.12 bits per heavy atom. The summed E-state index contributed by atoms with van der Waals surface area (Å²) in [6, 6.07) is 0. The molecule has 3 N–H and O–H groups in total. The Morgan fingerprint density at radius 3 is 2.71 bits per heavy atom. The zero-order chi connectivity index (χ0) is 12.9. The van der Waals surface area contributed by atoms with Crippen LogP contribution in [0.15, 0.2) is 0 Å². The van der Waals surface area contributed by atoms with E-state index in [1.807, 2.05) is 6.92 Å². The number of amides is 1. The summed E-state index contributed by atoms with van der Waals surface area (Å²) in [5.74, 6) is 6.48. The van der Waals surface area contributed by atoms with E-state index in [0.29, 0.717) is 18.9 Å². The Bertz CT molecular complexity index is 247. The lowest BCUT2D eigenvalue weighted by Crippen LogP contribution is -2.24. The van der Waals surface area contributed by atoms with Gasteiger partial charge in [0.2, 0.25) is 5.91 Å². The average molecular weight is 238 g/mol. The van der Waals surface area contributed by atoms with Crippen LogP contribution in [0.4, 0.5) is 0 Å². The molecule has 17 heavy (non-hydrogen) atoms. The van der Waals surface area contributed by atoms with Crippen molar-refractivity contribution in [2.24, 2.45) is 11.7 Å². The van der Waals surface area contributed by atoms with E-state index in [2.05, 4.69) is 24.1 Å². The number of hydrogen-bond acceptors (Lipinski definition) is 2. The van der Waals surface area contributed by atoms with Gasteiger partial charge in [0.1, 0.15) is 0 Å². The molecule has 0 aromatic rings. The molecule has 0 heterocycles. The van der Waals surface area contributed by atoms with Gasteiger partial charge >= 0.3 is 0 Å². The number of carbonyl (C=O) groups excluding carboxylic acids is 1. The van der Waals surface area contributed by atoms with Gasteiger partial charge in [-0.3, -0.25) is 4.79 Å². The molecule has 0 saturated carbocycles. The molecule has 1 atom stereocenters. The third-order valence-electron chi connectivity index (χ3n) is 2.80. The molecule has 0 rings (SSSR count). The van der Waals surface area contributed by atoms with Crippen LogP contribution in [0.2, 0.25) is 0 Å². The van der Waals surface area contributed by atoms with Crippen molar-refractivity contribution in [3.63, 3.8) is 0 Å². The van der Waals surface area contributed by atoms with Crippen LogP contribution in [0.5, 0.6) is 0 Å². The van der Waals surface area contributed by atoms with Crippen LogP contribution in [0.25, 0.3) is 0 Å². The topological polar surface area (TPSA) is 55.1 Å². The second kappa shape index (κ2) is 11.5. The molecule has 0 aromatic carbocycles. The second-order valence-corrected chi connectivity index (χ2v) is 4.30. The van der Waals surface area contributed by atoms with E-state index >= 15 is 0 Å². The van der Waals surface area contributed by atoms with E-state index in [4.69, 9.17) is 5.73 Å². The first-order chi connectivity index (χ1) is 8.24. The van der Waals surface area contributed by atoms with Gasteiger partial charge in [0.25, 0.3) is 0 Å². The highest BCUT2D eigenvalue weighted by Gasteiger charge is 2.09. The largest absolute Gasteiger partial charge is 0.355 e. The smallest absolute Gasteiger partial charge is 0.220 e. The summed E-state index contributed by atoms with van der Waals surface area (Å²) in [6.45, 7) is 5.37.